The summed E-state index contributed by atoms with van der Waals surface area (Å²) in [4.78, 5) is 22.1. The Kier molecular flexibility index (Phi) is 11.1. The molecule has 0 aliphatic carbocycles. The van der Waals surface area contributed by atoms with E-state index in [1.807, 2.05) is 37.3 Å². The van der Waals surface area contributed by atoms with Crippen LogP contribution in [0.15, 0.2) is 30.3 Å². The lowest BCUT2D eigenvalue weighted by atomic mass is 10.1. The monoisotopic (exact) mass is 345 g/mol. The van der Waals surface area contributed by atoms with Crippen molar-refractivity contribution in [2.45, 2.75) is 64.7 Å². The van der Waals surface area contributed by atoms with Crippen molar-refractivity contribution in [3.05, 3.63) is 41.5 Å². The first-order valence-electron chi connectivity index (χ1n) is 9.32. The molecule has 0 atom stereocenters. The lowest BCUT2D eigenvalue weighted by Crippen LogP contribution is -2.21. The molecule has 4 heteroatoms. The van der Waals surface area contributed by atoms with Gasteiger partial charge >= 0.3 is 5.97 Å². The van der Waals surface area contributed by atoms with E-state index < -0.39 is 5.97 Å². The second-order valence-corrected chi connectivity index (χ2v) is 6.51. The van der Waals surface area contributed by atoms with Crippen LogP contribution in [0.25, 0.3) is 6.08 Å². The number of hydrogen-bond donors (Lipinski definition) is 2. The van der Waals surface area contributed by atoms with Crippen molar-refractivity contribution >= 4 is 18.0 Å². The average molecular weight is 345 g/mol. The summed E-state index contributed by atoms with van der Waals surface area (Å²) in [6, 6.07) is 8.06. The quantitative estimate of drug-likeness (QED) is 0.401. The van der Waals surface area contributed by atoms with Crippen LogP contribution in [0.1, 0.15) is 68.9 Å². The van der Waals surface area contributed by atoms with Crippen LogP contribution in [0.4, 0.5) is 0 Å². The van der Waals surface area contributed by atoms with Crippen LogP contribution in [-0.4, -0.2) is 23.5 Å². The number of hydrogen-bond acceptors (Lipinski definition) is 2. The third-order valence-electron chi connectivity index (χ3n) is 4.12. The zero-order valence-corrected chi connectivity index (χ0v) is 15.3. The number of carbonyl (C=O) groups is 2. The Labute approximate surface area is 151 Å². The van der Waals surface area contributed by atoms with Crippen LogP contribution >= 0.6 is 0 Å². The van der Waals surface area contributed by atoms with Crippen molar-refractivity contribution in [2.24, 2.45) is 0 Å². The Hall–Kier alpha value is -2.10. The molecule has 1 aromatic carbocycles. The molecule has 2 N–H and O–H groups in total. The first-order chi connectivity index (χ1) is 12.1. The fourth-order valence-corrected chi connectivity index (χ4v) is 2.58. The number of unbranched alkanes of at least 4 members (excludes halogenated alkanes) is 7. The molecule has 0 bridgehead atoms. The van der Waals surface area contributed by atoms with Crippen LogP contribution in [-0.2, 0) is 9.59 Å². The van der Waals surface area contributed by atoms with E-state index in [4.69, 9.17) is 5.11 Å². The second kappa shape index (κ2) is 13.2. The van der Waals surface area contributed by atoms with Crippen LogP contribution in [0, 0.1) is 6.92 Å². The molecule has 1 amide bonds. The summed E-state index contributed by atoms with van der Waals surface area (Å²) in [5, 5.41) is 11.5. The number of nitrogens with one attached hydrogen (secondary N) is 1. The van der Waals surface area contributed by atoms with Gasteiger partial charge in [-0.05, 0) is 31.4 Å². The van der Waals surface area contributed by atoms with E-state index in [1.54, 1.807) is 6.08 Å². The highest BCUT2D eigenvalue weighted by molar-refractivity contribution is 5.91. The van der Waals surface area contributed by atoms with Crippen molar-refractivity contribution < 1.29 is 14.7 Å². The highest BCUT2D eigenvalue weighted by Gasteiger charge is 1.98. The average Bonchev–Trinajstić information content (AvgIpc) is 2.59. The van der Waals surface area contributed by atoms with Gasteiger partial charge in [0, 0.05) is 19.0 Å². The van der Waals surface area contributed by atoms with Gasteiger partial charge in [0.1, 0.15) is 0 Å². The first-order valence-corrected chi connectivity index (χ1v) is 9.32. The van der Waals surface area contributed by atoms with Gasteiger partial charge in [-0.1, -0.05) is 68.4 Å². The van der Waals surface area contributed by atoms with Crippen molar-refractivity contribution in [1.82, 2.24) is 5.32 Å². The van der Waals surface area contributed by atoms with Crippen LogP contribution in [0.3, 0.4) is 0 Å². The van der Waals surface area contributed by atoms with Gasteiger partial charge in [-0.2, -0.15) is 0 Å². The van der Waals surface area contributed by atoms with Gasteiger partial charge in [-0.15, -0.1) is 0 Å². The van der Waals surface area contributed by atoms with Crippen LogP contribution in [0.2, 0.25) is 0 Å². The van der Waals surface area contributed by atoms with Gasteiger partial charge in [0.15, 0.2) is 0 Å². The van der Waals surface area contributed by atoms with E-state index in [9.17, 15) is 9.59 Å². The van der Waals surface area contributed by atoms with Gasteiger partial charge in [0.2, 0.25) is 5.91 Å². The molecule has 0 saturated carbocycles. The van der Waals surface area contributed by atoms with Crippen molar-refractivity contribution in [1.29, 1.82) is 0 Å². The normalized spacial score (nSPS) is 10.9. The Morgan fingerprint density at radius 2 is 1.48 bits per heavy atom. The molecule has 25 heavy (non-hydrogen) atoms. The zero-order valence-electron chi connectivity index (χ0n) is 15.3. The van der Waals surface area contributed by atoms with Gasteiger partial charge in [-0.3, -0.25) is 9.59 Å². The Morgan fingerprint density at radius 1 is 0.920 bits per heavy atom. The minimum absolute atomic E-state index is 0.0426. The van der Waals surface area contributed by atoms with E-state index >= 15 is 0 Å². The summed E-state index contributed by atoms with van der Waals surface area (Å²) < 4.78 is 0. The second-order valence-electron chi connectivity index (χ2n) is 6.51. The van der Waals surface area contributed by atoms with Crippen molar-refractivity contribution in [2.75, 3.05) is 6.54 Å². The first kappa shape index (κ1) is 20.9. The molecule has 1 rings (SSSR count). The number of carboxylic acids is 1. The highest BCUT2D eigenvalue weighted by Crippen LogP contribution is 2.09. The standard InChI is InChI=1S/C21H31NO3/c1-18-11-13-19(14-12-18)15-16-20(23)22-17-9-7-5-3-2-4-6-8-10-21(24)25/h11-16H,2-10,17H2,1H3,(H,22,23)(H,24,25)/b16-15+. The summed E-state index contributed by atoms with van der Waals surface area (Å²) in [5.74, 6) is -0.741. The predicted octanol–water partition coefficient (Wildman–Crippen LogP) is 4.72. The summed E-state index contributed by atoms with van der Waals surface area (Å²) >= 11 is 0. The maximum Gasteiger partial charge on any atom is 0.303 e. The lowest BCUT2D eigenvalue weighted by Gasteiger charge is -2.03. The molecule has 0 aromatic heterocycles. The number of amides is 1. The topological polar surface area (TPSA) is 66.4 Å². The smallest absolute Gasteiger partial charge is 0.303 e. The summed E-state index contributed by atoms with van der Waals surface area (Å²) in [6.45, 7) is 2.76. The molecule has 0 spiro atoms. The van der Waals surface area contributed by atoms with Crippen molar-refractivity contribution in [3.8, 4) is 0 Å². The van der Waals surface area contributed by atoms with E-state index in [-0.39, 0.29) is 12.3 Å². The Balaban J connectivity index is 1.94. The number of benzene rings is 1. The molecule has 0 fully saturated rings. The van der Waals surface area contributed by atoms with Gasteiger partial charge in [0.05, 0.1) is 0 Å². The molecular formula is C21H31NO3. The molecule has 0 radical (unpaired) electrons. The van der Waals surface area contributed by atoms with E-state index in [1.165, 1.54) is 24.8 Å². The number of carbonyl (C=O) groups excluding carboxylic acids is 1. The minimum atomic E-state index is -0.698. The van der Waals surface area contributed by atoms with E-state index in [0.717, 1.165) is 44.2 Å². The molecule has 0 heterocycles. The molecular weight excluding hydrogens is 314 g/mol. The van der Waals surface area contributed by atoms with Crippen LogP contribution in [0.5, 0.6) is 0 Å². The molecule has 0 aliphatic rings. The van der Waals surface area contributed by atoms with Crippen molar-refractivity contribution in [3.63, 3.8) is 0 Å². The summed E-state index contributed by atoms with van der Waals surface area (Å²) in [6.07, 6.45) is 12.3. The molecule has 0 unspecified atom stereocenters. The number of rotatable bonds is 13. The Morgan fingerprint density at radius 3 is 2.08 bits per heavy atom. The Bertz CT molecular complexity index is 535. The number of aryl methyl sites for hydroxylation is 1. The summed E-state index contributed by atoms with van der Waals surface area (Å²) in [7, 11) is 0. The van der Waals surface area contributed by atoms with E-state index in [2.05, 4.69) is 5.32 Å². The zero-order chi connectivity index (χ0) is 18.3. The molecule has 0 aliphatic heterocycles. The number of carboxylic acid groups (broad SMARTS) is 1. The minimum Gasteiger partial charge on any atom is -0.481 e. The van der Waals surface area contributed by atoms with Gasteiger partial charge < -0.3 is 10.4 Å². The van der Waals surface area contributed by atoms with E-state index in [0.29, 0.717) is 0 Å². The molecule has 4 nitrogen and oxygen atoms in total. The fourth-order valence-electron chi connectivity index (χ4n) is 2.58. The maximum absolute atomic E-state index is 11.7. The fraction of sp³-hybridized carbons (Fsp3) is 0.524. The SMILES string of the molecule is Cc1ccc(/C=C/C(=O)NCCCCCCCCCCC(=O)O)cc1. The molecule has 0 saturated heterocycles. The molecule has 1 aromatic rings. The maximum atomic E-state index is 11.7. The van der Waals surface area contributed by atoms with Crippen LogP contribution < -0.4 is 5.32 Å². The third kappa shape index (κ3) is 12.0. The lowest BCUT2D eigenvalue weighted by molar-refractivity contribution is -0.137. The highest BCUT2D eigenvalue weighted by atomic mass is 16.4. The number of aliphatic carboxylic acids is 1. The third-order valence-corrected chi connectivity index (χ3v) is 4.12. The van der Waals surface area contributed by atoms with Gasteiger partial charge in [0.25, 0.3) is 0 Å². The summed E-state index contributed by atoms with van der Waals surface area (Å²) in [5.41, 5.74) is 2.24. The molecule has 138 valence electrons. The van der Waals surface area contributed by atoms with Gasteiger partial charge in [-0.25, -0.2) is 0 Å². The predicted molar refractivity (Wildman–Crippen MR) is 102 cm³/mol. The largest absolute Gasteiger partial charge is 0.481 e.